The number of amides is 1. The highest BCUT2D eigenvalue weighted by Crippen LogP contribution is 1.79. The van der Waals surface area contributed by atoms with Crippen LogP contribution in [0.5, 0.6) is 0 Å². The molecule has 12 heavy (non-hydrogen) atoms. The van der Waals surface area contributed by atoms with E-state index in [1.165, 1.54) is 0 Å². The van der Waals surface area contributed by atoms with Gasteiger partial charge in [-0.05, 0) is 21.0 Å². The van der Waals surface area contributed by atoms with Crippen molar-refractivity contribution >= 4 is 5.91 Å². The van der Waals surface area contributed by atoms with Crippen molar-refractivity contribution in [3.8, 4) is 0 Å². The first kappa shape index (κ1) is 11.4. The van der Waals surface area contributed by atoms with E-state index in [-0.39, 0.29) is 8.76 Å². The quantitative estimate of drug-likeness (QED) is 0.589. The molecule has 0 unspecified atom stereocenters. The molecular formula is C8H23N3O. The van der Waals surface area contributed by atoms with Gasteiger partial charge < -0.3 is 10.6 Å². The number of nitrogens with zero attached hydrogens (tertiary/aromatic N) is 1. The van der Waals surface area contributed by atoms with Crippen LogP contribution in [0.2, 0.25) is 0 Å². The summed E-state index contributed by atoms with van der Waals surface area (Å²) >= 11 is 0. The minimum absolute atomic E-state index is 0. The van der Waals surface area contributed by atoms with Gasteiger partial charge in [-0.15, -0.1) is 0 Å². The van der Waals surface area contributed by atoms with Crippen molar-refractivity contribution in [2.75, 3.05) is 40.3 Å². The predicted octanol–water partition coefficient (Wildman–Crippen LogP) is -0.234. The third-order valence-electron chi connectivity index (χ3n) is 1.53. The highest BCUT2D eigenvalue weighted by atomic mass is 16.1. The van der Waals surface area contributed by atoms with Crippen LogP contribution in [0.25, 0.3) is 0 Å². The van der Waals surface area contributed by atoms with Gasteiger partial charge in [0.15, 0.2) is 0 Å². The lowest BCUT2D eigenvalue weighted by Crippen LogP contribution is -2.37. The summed E-state index contributed by atoms with van der Waals surface area (Å²) in [7, 11) is 3.84. The van der Waals surface area contributed by atoms with Crippen molar-refractivity contribution in [1.82, 2.24) is 15.5 Å². The first-order valence-corrected chi connectivity index (χ1v) is 4.30. The Balaban J connectivity index is -0.000000605. The molecule has 0 aromatic rings. The third-order valence-corrected chi connectivity index (χ3v) is 1.53. The zero-order valence-electron chi connectivity index (χ0n) is 8.18. The van der Waals surface area contributed by atoms with Crippen LogP contribution in [0.15, 0.2) is 0 Å². The van der Waals surface area contributed by atoms with E-state index >= 15 is 0 Å². The van der Waals surface area contributed by atoms with Gasteiger partial charge in [0.05, 0.1) is 6.54 Å². The number of nitrogens with one attached hydrogen (secondary N) is 2. The maximum absolute atomic E-state index is 11.0. The normalized spacial score (nSPS) is 10.3. The van der Waals surface area contributed by atoms with E-state index in [2.05, 4.69) is 10.6 Å². The van der Waals surface area contributed by atoms with Crippen LogP contribution in [0, 0.1) is 0 Å². The van der Waals surface area contributed by atoms with E-state index in [1.807, 2.05) is 25.9 Å². The largest absolute Gasteiger partial charge is 0.355 e. The molecule has 0 bridgehead atoms. The molecule has 0 heterocycles. The minimum Gasteiger partial charge on any atom is -0.355 e. The van der Waals surface area contributed by atoms with Gasteiger partial charge in [0.1, 0.15) is 0 Å². The van der Waals surface area contributed by atoms with Crippen LogP contribution in [-0.2, 0) is 4.79 Å². The molecule has 1 amide bonds. The van der Waals surface area contributed by atoms with Crippen LogP contribution >= 0.6 is 0 Å². The fraction of sp³-hybridized carbons (Fsp3) is 0.875. The molecule has 0 rings (SSSR count). The van der Waals surface area contributed by atoms with Crippen molar-refractivity contribution < 1.29 is 7.65 Å². The lowest BCUT2D eigenvalue weighted by atomic mass is 10.4. The molecule has 76 valence electrons. The second-order valence-corrected chi connectivity index (χ2v) is 2.79. The first-order chi connectivity index (χ1) is 5.70. The second kappa shape index (κ2) is 7.06. The Morgan fingerprint density at radius 1 is 1.58 bits per heavy atom. The second-order valence-electron chi connectivity index (χ2n) is 2.79. The van der Waals surface area contributed by atoms with Crippen LogP contribution in [0.1, 0.15) is 9.78 Å². The van der Waals surface area contributed by atoms with Crippen molar-refractivity contribution in [2.45, 2.75) is 6.92 Å². The molecule has 0 aliphatic carbocycles. The maximum Gasteiger partial charge on any atom is 0.234 e. The Bertz CT molecular complexity index is 136. The van der Waals surface area contributed by atoms with Crippen molar-refractivity contribution in [1.29, 1.82) is 0 Å². The number of carbonyl (C=O) groups is 1. The zero-order valence-corrected chi connectivity index (χ0v) is 8.18. The SMILES string of the molecule is CCNC(=O)CN(C)CCNC.[HH].[HH]. The highest BCUT2D eigenvalue weighted by Gasteiger charge is 2.03. The molecule has 0 aromatic heterocycles. The fourth-order valence-corrected chi connectivity index (χ4v) is 0.880. The summed E-state index contributed by atoms with van der Waals surface area (Å²) in [6.45, 7) is 4.92. The summed E-state index contributed by atoms with van der Waals surface area (Å²) in [5.41, 5.74) is 0. The van der Waals surface area contributed by atoms with Crippen molar-refractivity contribution in [2.24, 2.45) is 0 Å². The van der Waals surface area contributed by atoms with Crippen LogP contribution < -0.4 is 10.6 Å². The minimum atomic E-state index is 0. The summed E-state index contributed by atoms with van der Waals surface area (Å²) in [6.07, 6.45) is 0. The van der Waals surface area contributed by atoms with Gasteiger partial charge in [0.2, 0.25) is 5.91 Å². The molecule has 0 spiro atoms. The lowest BCUT2D eigenvalue weighted by Gasteiger charge is -2.15. The summed E-state index contributed by atoms with van der Waals surface area (Å²) in [5, 5.41) is 5.78. The van der Waals surface area contributed by atoms with Gasteiger partial charge in [-0.1, -0.05) is 0 Å². The van der Waals surface area contributed by atoms with E-state index in [0.717, 1.165) is 13.1 Å². The van der Waals surface area contributed by atoms with Gasteiger partial charge in [-0.2, -0.15) is 0 Å². The number of carbonyl (C=O) groups excluding carboxylic acids is 1. The molecule has 0 saturated heterocycles. The monoisotopic (exact) mass is 177 g/mol. The number of hydrogen-bond donors (Lipinski definition) is 2. The smallest absolute Gasteiger partial charge is 0.234 e. The predicted molar refractivity (Wildman–Crippen MR) is 54.3 cm³/mol. The number of likely N-dealkylation sites (N-methyl/N-ethyl adjacent to an activating group) is 3. The van der Waals surface area contributed by atoms with E-state index in [1.54, 1.807) is 0 Å². The Labute approximate surface area is 77.3 Å². The van der Waals surface area contributed by atoms with E-state index < -0.39 is 0 Å². The van der Waals surface area contributed by atoms with Gasteiger partial charge >= 0.3 is 0 Å². The number of rotatable bonds is 6. The summed E-state index contributed by atoms with van der Waals surface area (Å²) < 4.78 is 0. The summed E-state index contributed by atoms with van der Waals surface area (Å²) in [4.78, 5) is 13.0. The van der Waals surface area contributed by atoms with Gasteiger partial charge in [0.25, 0.3) is 0 Å². The number of hydrogen-bond acceptors (Lipinski definition) is 3. The molecule has 2 N–H and O–H groups in total. The van der Waals surface area contributed by atoms with Gasteiger partial charge in [0, 0.05) is 22.5 Å². The van der Waals surface area contributed by atoms with Crippen LogP contribution in [-0.4, -0.2) is 51.1 Å². The average molecular weight is 177 g/mol. The zero-order chi connectivity index (χ0) is 9.40. The molecular weight excluding hydrogens is 154 g/mol. The van der Waals surface area contributed by atoms with Crippen molar-refractivity contribution in [3.63, 3.8) is 0 Å². The van der Waals surface area contributed by atoms with Crippen LogP contribution in [0.3, 0.4) is 0 Å². The summed E-state index contributed by atoms with van der Waals surface area (Å²) in [5.74, 6) is 0.0936. The van der Waals surface area contributed by atoms with Gasteiger partial charge in [-0.3, -0.25) is 9.69 Å². The van der Waals surface area contributed by atoms with Crippen LogP contribution in [0.4, 0.5) is 0 Å². The Morgan fingerprint density at radius 2 is 2.25 bits per heavy atom. The molecule has 4 nitrogen and oxygen atoms in total. The molecule has 4 heteroatoms. The Kier molecular flexibility index (Phi) is 6.70. The van der Waals surface area contributed by atoms with E-state index in [4.69, 9.17) is 0 Å². The average Bonchev–Trinajstić information content (AvgIpc) is 2.01. The molecule has 0 aromatic carbocycles. The van der Waals surface area contributed by atoms with Gasteiger partial charge in [-0.25, -0.2) is 0 Å². The molecule has 0 saturated carbocycles. The maximum atomic E-state index is 11.0. The molecule has 0 fully saturated rings. The fourth-order valence-electron chi connectivity index (χ4n) is 0.880. The summed E-state index contributed by atoms with van der Waals surface area (Å²) in [6, 6.07) is 0. The highest BCUT2D eigenvalue weighted by molar-refractivity contribution is 5.77. The molecule has 0 aliphatic heterocycles. The topological polar surface area (TPSA) is 44.4 Å². The first-order valence-electron chi connectivity index (χ1n) is 4.30. The standard InChI is InChI=1S/C8H19N3O.2H2/c1-4-10-8(12)7-11(3)6-5-9-2;;/h9H,4-7H2,1-3H3,(H,10,12);2*1H. The van der Waals surface area contributed by atoms with E-state index in [0.29, 0.717) is 13.1 Å². The molecule has 0 radical (unpaired) electrons. The Hall–Kier alpha value is -0.610. The third kappa shape index (κ3) is 6.12. The van der Waals surface area contributed by atoms with E-state index in [9.17, 15) is 4.79 Å². The Morgan fingerprint density at radius 3 is 2.75 bits per heavy atom. The lowest BCUT2D eigenvalue weighted by molar-refractivity contribution is -0.121. The van der Waals surface area contributed by atoms with Crippen molar-refractivity contribution in [3.05, 3.63) is 0 Å². The molecule has 0 aliphatic rings. The molecule has 0 atom stereocenters.